The van der Waals surface area contributed by atoms with Gasteiger partial charge in [0.15, 0.2) is 18.7 Å². The van der Waals surface area contributed by atoms with Gasteiger partial charge in [-0.1, -0.05) is 0 Å². The number of aliphatic hydroxyl groups excluding tert-OH is 5. The average Bonchev–Trinajstić information content (AvgIpc) is 2.93. The lowest BCUT2D eigenvalue weighted by molar-refractivity contribution is -0.315. The fourth-order valence-electron chi connectivity index (χ4n) is 3.96. The number of hydrogen-bond donors (Lipinski definition) is 5. The number of hydrazone groups is 2. The average molecular weight is 551 g/mol. The van der Waals surface area contributed by atoms with Crippen molar-refractivity contribution in [2.45, 2.75) is 56.1 Å². The summed E-state index contributed by atoms with van der Waals surface area (Å²) in [6.07, 6.45) is -8.91. The first-order valence-corrected chi connectivity index (χ1v) is 12.5. The van der Waals surface area contributed by atoms with Crippen LogP contribution in [0.1, 0.15) is 6.92 Å². The Morgan fingerprint density at radius 3 is 2.11 bits per heavy atom. The van der Waals surface area contributed by atoms with Gasteiger partial charge in [-0.15, -0.1) is 0 Å². The first-order valence-electron chi connectivity index (χ1n) is 12.5. The maximum absolute atomic E-state index is 11.5. The van der Waals surface area contributed by atoms with Crippen LogP contribution in [0.2, 0.25) is 0 Å². The Bertz CT molecular complexity index is 765. The molecule has 0 amide bonds. The number of hydrogen-bond acceptors (Lipinski definition) is 16. The molecule has 3 fully saturated rings. The summed E-state index contributed by atoms with van der Waals surface area (Å²) in [5.41, 5.74) is 0. The van der Waals surface area contributed by atoms with Crippen LogP contribution in [0, 0.1) is 0 Å². The minimum Gasteiger partial charge on any atom is -0.457 e. The van der Waals surface area contributed by atoms with Gasteiger partial charge in [0.05, 0.1) is 78.2 Å². The molecule has 0 bridgehead atoms. The van der Waals surface area contributed by atoms with E-state index in [0.717, 1.165) is 13.1 Å². The highest BCUT2D eigenvalue weighted by Gasteiger charge is 2.48. The van der Waals surface area contributed by atoms with Gasteiger partial charge in [-0.3, -0.25) is 14.8 Å². The van der Waals surface area contributed by atoms with Gasteiger partial charge in [0.1, 0.15) is 30.5 Å². The molecule has 5 N–H and O–H groups in total. The summed E-state index contributed by atoms with van der Waals surface area (Å²) < 4.78 is 32.5. The highest BCUT2D eigenvalue weighted by molar-refractivity contribution is 5.66. The van der Waals surface area contributed by atoms with Crippen LogP contribution in [-0.2, 0) is 33.2 Å². The van der Waals surface area contributed by atoms with E-state index in [9.17, 15) is 30.3 Å². The van der Waals surface area contributed by atoms with Crippen LogP contribution < -0.4 is 0 Å². The first kappa shape index (κ1) is 30.6. The second-order valence-corrected chi connectivity index (χ2v) is 8.79. The molecule has 3 rings (SSSR count). The monoisotopic (exact) mass is 550 g/mol. The molecule has 3 aliphatic rings. The predicted molar refractivity (Wildman–Crippen MR) is 128 cm³/mol. The van der Waals surface area contributed by atoms with Crippen LogP contribution in [0.15, 0.2) is 10.2 Å². The van der Waals surface area contributed by atoms with Gasteiger partial charge < -0.3 is 54.0 Å². The molecule has 3 heterocycles. The summed E-state index contributed by atoms with van der Waals surface area (Å²) in [4.78, 5) is 11.5. The molecule has 16 heteroatoms. The zero-order valence-corrected chi connectivity index (χ0v) is 21.2. The summed E-state index contributed by atoms with van der Waals surface area (Å²) in [5.74, 6) is -0.768. The first-order chi connectivity index (χ1) is 18.3. The van der Waals surface area contributed by atoms with E-state index in [1.165, 1.54) is 6.21 Å². The van der Waals surface area contributed by atoms with Crippen molar-refractivity contribution in [2.24, 2.45) is 10.2 Å². The number of carbonyl (C=O) groups is 1. The van der Waals surface area contributed by atoms with Crippen molar-refractivity contribution in [1.29, 1.82) is 0 Å². The Kier molecular flexibility index (Phi) is 12.5. The lowest BCUT2D eigenvalue weighted by atomic mass is 9.99. The fourth-order valence-corrected chi connectivity index (χ4v) is 3.96. The van der Waals surface area contributed by atoms with Crippen LogP contribution in [0.4, 0.5) is 0 Å². The minimum absolute atomic E-state index is 0.462. The molecule has 0 aromatic heterocycles. The lowest BCUT2D eigenvalue weighted by Crippen LogP contribution is -2.61. The van der Waals surface area contributed by atoms with Crippen molar-refractivity contribution in [2.75, 3.05) is 65.8 Å². The largest absolute Gasteiger partial charge is 0.457 e. The second kappa shape index (κ2) is 15.6. The van der Waals surface area contributed by atoms with Crippen LogP contribution in [0.3, 0.4) is 0 Å². The lowest BCUT2D eigenvalue weighted by Gasteiger charge is -2.42. The molecular weight excluding hydrogens is 512 g/mol. The van der Waals surface area contributed by atoms with Gasteiger partial charge in [-0.05, 0) is 0 Å². The third kappa shape index (κ3) is 9.04. The maximum atomic E-state index is 11.5. The molecule has 218 valence electrons. The maximum Gasteiger partial charge on any atom is 0.303 e. The molecule has 38 heavy (non-hydrogen) atoms. The van der Waals surface area contributed by atoms with Crippen molar-refractivity contribution in [1.82, 2.24) is 10.0 Å². The Hall–Kier alpha value is -1.99. The van der Waals surface area contributed by atoms with Gasteiger partial charge >= 0.3 is 5.97 Å². The van der Waals surface area contributed by atoms with Crippen LogP contribution >= 0.6 is 0 Å². The molecule has 3 aliphatic heterocycles. The minimum atomic E-state index is -1.66. The zero-order chi connectivity index (χ0) is 27.5. The van der Waals surface area contributed by atoms with Crippen LogP contribution in [0.25, 0.3) is 0 Å². The standard InChI is InChI=1S/C22H38N4O12/c1-14(29)35-21-19(31)17(13-28)38-22(20(21)32)37-15(10-23-25-2-6-33-7-3-25)16(12-27)36-18(30)11-24-26-4-8-34-9-5-26/h10-11,15-22,27-28,30-32H,2-9,12-13H2,1H3/b23-10+,24-11-/t15-,16+,17-,18-,19-,20+,21+,22-/m0/s1. The Balaban J connectivity index is 1.75. The van der Waals surface area contributed by atoms with E-state index >= 15 is 0 Å². The second-order valence-electron chi connectivity index (χ2n) is 8.79. The normalized spacial score (nSPS) is 31.5. The highest BCUT2D eigenvalue weighted by atomic mass is 16.7. The molecule has 0 unspecified atom stereocenters. The van der Waals surface area contributed by atoms with Gasteiger partial charge in [0.25, 0.3) is 0 Å². The molecular formula is C22H38N4O12. The molecule has 0 aliphatic carbocycles. The van der Waals surface area contributed by atoms with Gasteiger partial charge in [-0.2, -0.15) is 10.2 Å². The smallest absolute Gasteiger partial charge is 0.303 e. The Morgan fingerprint density at radius 1 is 1.00 bits per heavy atom. The summed E-state index contributed by atoms with van der Waals surface area (Å²) in [5, 5.41) is 63.1. The topological polar surface area (TPSA) is 205 Å². The van der Waals surface area contributed by atoms with Crippen molar-refractivity contribution in [3.05, 3.63) is 0 Å². The van der Waals surface area contributed by atoms with Crippen molar-refractivity contribution in [3.8, 4) is 0 Å². The number of ether oxygens (including phenoxy) is 6. The number of morpholine rings is 2. The number of aliphatic hydroxyl groups is 5. The van der Waals surface area contributed by atoms with E-state index in [-0.39, 0.29) is 0 Å². The third-order valence-electron chi connectivity index (χ3n) is 5.99. The number of rotatable bonds is 12. The summed E-state index contributed by atoms with van der Waals surface area (Å²) in [6, 6.07) is 0. The molecule has 0 aromatic rings. The molecule has 0 aromatic carbocycles. The van der Waals surface area contributed by atoms with Gasteiger partial charge in [0.2, 0.25) is 0 Å². The number of esters is 1. The molecule has 0 saturated carbocycles. The van der Waals surface area contributed by atoms with Crippen molar-refractivity contribution >= 4 is 18.4 Å². The summed E-state index contributed by atoms with van der Waals surface area (Å²) >= 11 is 0. The van der Waals surface area contributed by atoms with E-state index in [1.807, 2.05) is 0 Å². The van der Waals surface area contributed by atoms with E-state index in [4.69, 9.17) is 28.4 Å². The third-order valence-corrected chi connectivity index (χ3v) is 5.99. The Labute approximate surface area is 219 Å². The van der Waals surface area contributed by atoms with Gasteiger partial charge in [-0.25, -0.2) is 0 Å². The van der Waals surface area contributed by atoms with Crippen LogP contribution in [-0.4, -0.2) is 169 Å². The molecule has 3 saturated heterocycles. The molecule has 16 nitrogen and oxygen atoms in total. The van der Waals surface area contributed by atoms with Gasteiger partial charge in [0, 0.05) is 6.92 Å². The SMILES string of the molecule is CC(=O)O[C@@H]1[C@@H](O)[C@H](CO)O[C@H](O[C@@H](/C=N/N2CCOCC2)[C@@H](CO)O[C@H](O)/C=N\N2CCOCC2)[C@@H]1O. The zero-order valence-electron chi connectivity index (χ0n) is 21.2. The number of nitrogens with zero attached hydrogens (tertiary/aromatic N) is 4. The molecule has 0 spiro atoms. The summed E-state index contributed by atoms with van der Waals surface area (Å²) in [6.45, 7) is 3.83. The van der Waals surface area contributed by atoms with Crippen LogP contribution in [0.5, 0.6) is 0 Å². The number of carbonyl (C=O) groups excluding carboxylic acids is 1. The molecule has 8 atom stereocenters. The van der Waals surface area contributed by atoms with E-state index in [0.29, 0.717) is 52.6 Å². The quantitative estimate of drug-likeness (QED) is 0.0895. The highest BCUT2D eigenvalue weighted by Crippen LogP contribution is 2.26. The van der Waals surface area contributed by atoms with Crippen molar-refractivity contribution < 1.29 is 58.7 Å². The van der Waals surface area contributed by atoms with Crippen molar-refractivity contribution in [3.63, 3.8) is 0 Å². The fraction of sp³-hybridized carbons (Fsp3) is 0.864. The van der Waals surface area contributed by atoms with E-state index in [1.54, 1.807) is 10.0 Å². The van der Waals surface area contributed by atoms with E-state index < -0.39 is 68.4 Å². The predicted octanol–water partition coefficient (Wildman–Crippen LogP) is -3.93. The summed E-state index contributed by atoms with van der Waals surface area (Å²) in [7, 11) is 0. The molecule has 0 radical (unpaired) electrons. The van der Waals surface area contributed by atoms with E-state index in [2.05, 4.69) is 10.2 Å². The Morgan fingerprint density at radius 2 is 1.58 bits per heavy atom.